The number of rotatable bonds is 3. The van der Waals surface area contributed by atoms with Gasteiger partial charge >= 0.3 is 6.18 Å². The van der Waals surface area contributed by atoms with E-state index in [4.69, 9.17) is 4.42 Å². The molecule has 0 aliphatic rings. The molecule has 3 aromatic heterocycles. The van der Waals surface area contributed by atoms with Gasteiger partial charge in [-0.15, -0.1) is 5.10 Å². The van der Waals surface area contributed by atoms with Gasteiger partial charge in [-0.1, -0.05) is 68.5 Å². The molecule has 0 radical (unpaired) electrons. The Morgan fingerprint density at radius 3 is 2.34 bits per heavy atom. The number of thiazole rings is 1. The first-order valence-electron chi connectivity index (χ1n) is 10.8. The average Bonchev–Trinajstić information content (AvgIpc) is 3.50. The molecule has 0 spiro atoms. The van der Waals surface area contributed by atoms with Gasteiger partial charge in [-0.25, -0.2) is 0 Å². The highest BCUT2D eigenvalue weighted by atomic mass is 32.1. The molecule has 5 aromatic rings. The fourth-order valence-corrected chi connectivity index (χ4v) is 4.53. The Balaban J connectivity index is 1.45. The van der Waals surface area contributed by atoms with Crippen LogP contribution in [0, 0.1) is 0 Å². The highest BCUT2D eigenvalue weighted by molar-refractivity contribution is 7.15. The van der Waals surface area contributed by atoms with E-state index < -0.39 is 11.7 Å². The Labute approximate surface area is 202 Å². The number of aromatic nitrogens is 3. The van der Waals surface area contributed by atoms with Crippen molar-refractivity contribution in [3.8, 4) is 22.7 Å². The molecule has 9 heteroatoms. The van der Waals surface area contributed by atoms with Gasteiger partial charge in [0.25, 0.3) is 5.56 Å². The molecular weight excluding hydrogens is 475 g/mol. The molecule has 0 aliphatic carbocycles. The zero-order valence-corrected chi connectivity index (χ0v) is 19.9. The van der Waals surface area contributed by atoms with E-state index in [2.05, 4.69) is 30.9 Å². The van der Waals surface area contributed by atoms with Crippen LogP contribution in [0.15, 0.2) is 69.9 Å². The fourth-order valence-electron chi connectivity index (χ4n) is 3.64. The molecule has 178 valence electrons. The van der Waals surface area contributed by atoms with Gasteiger partial charge < -0.3 is 4.42 Å². The molecule has 0 bridgehead atoms. The standard InChI is InChI=1S/C26H20F3N3O2S/c1-25(2,3)17-9-7-15(8-10-17)22-30-24-32(31-22)23(33)21(35-24)14-19-11-12-20(34-19)16-5-4-6-18(13-16)26(27,28)29/h4-14H,1-3H3. The van der Waals surface area contributed by atoms with Gasteiger partial charge in [-0.3, -0.25) is 4.79 Å². The summed E-state index contributed by atoms with van der Waals surface area (Å²) in [6.45, 7) is 6.41. The van der Waals surface area contributed by atoms with Crippen LogP contribution in [0.4, 0.5) is 13.2 Å². The van der Waals surface area contributed by atoms with E-state index in [1.807, 2.05) is 24.3 Å². The normalized spacial score (nSPS) is 13.1. The zero-order valence-electron chi connectivity index (χ0n) is 19.1. The van der Waals surface area contributed by atoms with Crippen molar-refractivity contribution in [2.45, 2.75) is 32.4 Å². The molecule has 5 rings (SSSR count). The summed E-state index contributed by atoms with van der Waals surface area (Å²) in [5, 5.41) is 4.37. The molecule has 0 saturated heterocycles. The van der Waals surface area contributed by atoms with Crippen LogP contribution in [0.25, 0.3) is 33.7 Å². The highest BCUT2D eigenvalue weighted by Crippen LogP contribution is 2.32. The van der Waals surface area contributed by atoms with Crippen molar-refractivity contribution in [3.63, 3.8) is 0 Å². The molecule has 0 aliphatic heterocycles. The lowest BCUT2D eigenvalue weighted by Crippen LogP contribution is -2.23. The van der Waals surface area contributed by atoms with Gasteiger partial charge in [0.05, 0.1) is 5.56 Å². The molecule has 0 amide bonds. The summed E-state index contributed by atoms with van der Waals surface area (Å²) in [5.74, 6) is 1.08. The molecule has 3 heterocycles. The second-order valence-electron chi connectivity index (χ2n) is 9.15. The van der Waals surface area contributed by atoms with Crippen LogP contribution in [0.3, 0.4) is 0 Å². The first-order chi connectivity index (χ1) is 16.5. The van der Waals surface area contributed by atoms with Crippen molar-refractivity contribution in [3.05, 3.63) is 92.4 Å². The minimum atomic E-state index is -4.44. The maximum atomic E-state index is 13.0. The minimum Gasteiger partial charge on any atom is -0.457 e. The molecule has 35 heavy (non-hydrogen) atoms. The molecular formula is C26H20F3N3O2S. The van der Waals surface area contributed by atoms with E-state index in [1.54, 1.807) is 12.1 Å². The maximum Gasteiger partial charge on any atom is 0.416 e. The summed E-state index contributed by atoms with van der Waals surface area (Å²) in [6.07, 6.45) is -2.90. The first kappa shape index (κ1) is 23.0. The quantitative estimate of drug-likeness (QED) is 0.311. The van der Waals surface area contributed by atoms with Crippen molar-refractivity contribution in [1.29, 1.82) is 0 Å². The Morgan fingerprint density at radius 2 is 1.69 bits per heavy atom. The molecule has 0 fully saturated rings. The van der Waals surface area contributed by atoms with Gasteiger partial charge in [-0.05, 0) is 35.2 Å². The van der Waals surface area contributed by atoms with Gasteiger partial charge in [0, 0.05) is 17.2 Å². The van der Waals surface area contributed by atoms with E-state index in [-0.39, 0.29) is 16.7 Å². The van der Waals surface area contributed by atoms with Crippen LogP contribution < -0.4 is 10.1 Å². The number of halogens is 3. The maximum absolute atomic E-state index is 13.0. The topological polar surface area (TPSA) is 60.4 Å². The number of nitrogens with zero attached hydrogens (tertiary/aromatic N) is 3. The van der Waals surface area contributed by atoms with Gasteiger partial charge in [0.1, 0.15) is 16.1 Å². The predicted molar refractivity (Wildman–Crippen MR) is 129 cm³/mol. The van der Waals surface area contributed by atoms with Gasteiger partial charge in [-0.2, -0.15) is 22.7 Å². The lowest BCUT2D eigenvalue weighted by molar-refractivity contribution is -0.137. The van der Waals surface area contributed by atoms with Crippen molar-refractivity contribution in [2.75, 3.05) is 0 Å². The van der Waals surface area contributed by atoms with Crippen LogP contribution in [0.2, 0.25) is 0 Å². The predicted octanol–water partition coefficient (Wildman–Crippen LogP) is 5.94. The molecule has 5 nitrogen and oxygen atoms in total. The van der Waals surface area contributed by atoms with Crippen LogP contribution in [0.1, 0.15) is 37.7 Å². The van der Waals surface area contributed by atoms with E-state index in [9.17, 15) is 18.0 Å². The lowest BCUT2D eigenvalue weighted by Gasteiger charge is -2.18. The number of furan rings is 1. The van der Waals surface area contributed by atoms with E-state index >= 15 is 0 Å². The number of benzene rings is 2. The third-order valence-electron chi connectivity index (χ3n) is 5.57. The van der Waals surface area contributed by atoms with Crippen LogP contribution >= 0.6 is 11.3 Å². The van der Waals surface area contributed by atoms with E-state index in [0.717, 1.165) is 17.7 Å². The van der Waals surface area contributed by atoms with Gasteiger partial charge in [0.15, 0.2) is 5.82 Å². The summed E-state index contributed by atoms with van der Waals surface area (Å²) in [6, 6.07) is 16.0. The molecule has 0 unspecified atom stereocenters. The summed E-state index contributed by atoms with van der Waals surface area (Å²) >= 11 is 1.17. The number of fused-ring (bicyclic) bond motifs is 1. The Morgan fingerprint density at radius 1 is 0.943 bits per heavy atom. The average molecular weight is 496 g/mol. The second-order valence-corrected chi connectivity index (χ2v) is 10.2. The van der Waals surface area contributed by atoms with Crippen molar-refractivity contribution >= 4 is 22.4 Å². The smallest absolute Gasteiger partial charge is 0.416 e. The van der Waals surface area contributed by atoms with E-state index in [0.29, 0.717) is 26.6 Å². The number of hydrogen-bond donors (Lipinski definition) is 0. The highest BCUT2D eigenvalue weighted by Gasteiger charge is 2.30. The Kier molecular flexibility index (Phi) is 5.40. The number of alkyl halides is 3. The molecule has 0 N–H and O–H groups in total. The monoisotopic (exact) mass is 495 g/mol. The van der Waals surface area contributed by atoms with E-state index in [1.165, 1.54) is 39.6 Å². The van der Waals surface area contributed by atoms with Crippen molar-refractivity contribution in [1.82, 2.24) is 14.6 Å². The third-order valence-corrected chi connectivity index (χ3v) is 6.52. The lowest BCUT2D eigenvalue weighted by atomic mass is 9.87. The molecule has 0 saturated carbocycles. The summed E-state index contributed by atoms with van der Waals surface area (Å²) in [7, 11) is 0. The first-order valence-corrected chi connectivity index (χ1v) is 11.6. The van der Waals surface area contributed by atoms with Crippen molar-refractivity contribution < 1.29 is 17.6 Å². The number of hydrogen-bond acceptors (Lipinski definition) is 5. The van der Waals surface area contributed by atoms with Crippen LogP contribution in [-0.4, -0.2) is 14.6 Å². The van der Waals surface area contributed by atoms with Crippen LogP contribution in [-0.2, 0) is 11.6 Å². The Hall–Kier alpha value is -3.72. The third kappa shape index (κ3) is 4.51. The molecule has 2 aromatic carbocycles. The summed E-state index contributed by atoms with van der Waals surface area (Å²) < 4.78 is 46.3. The second kappa shape index (κ2) is 8.20. The van der Waals surface area contributed by atoms with Crippen molar-refractivity contribution in [2.24, 2.45) is 0 Å². The van der Waals surface area contributed by atoms with Gasteiger partial charge in [0.2, 0.25) is 4.96 Å². The summed E-state index contributed by atoms with van der Waals surface area (Å²) in [5.41, 5.74) is 1.23. The zero-order chi connectivity index (χ0) is 25.0. The largest absolute Gasteiger partial charge is 0.457 e. The Bertz CT molecular complexity index is 1640. The molecule has 0 atom stereocenters. The summed E-state index contributed by atoms with van der Waals surface area (Å²) in [4.78, 5) is 17.8. The van der Waals surface area contributed by atoms with Crippen LogP contribution in [0.5, 0.6) is 0 Å². The SMILES string of the molecule is CC(C)(C)c1ccc(-c2nc3sc(=Cc4ccc(-c5cccc(C(F)(F)F)c5)o4)c(=O)n3n2)cc1. The fraction of sp³-hybridized carbons (Fsp3) is 0.192. The minimum absolute atomic E-state index is 0.0281.